The number of hydrogen-bond donors (Lipinski definition) is 1. The van der Waals surface area contributed by atoms with Gasteiger partial charge < -0.3 is 5.11 Å². The van der Waals surface area contributed by atoms with E-state index in [1.807, 2.05) is 91.0 Å². The first-order chi connectivity index (χ1) is 18.1. The molecule has 6 rings (SSSR count). The van der Waals surface area contributed by atoms with Crippen molar-refractivity contribution >= 4 is 16.9 Å². The van der Waals surface area contributed by atoms with Crippen molar-refractivity contribution < 1.29 is 9.90 Å². The molecule has 0 spiro atoms. The minimum atomic E-state index is -1.01. The Kier molecular flexibility index (Phi) is 5.43. The number of carboxylic acids is 1. The number of carboxylic acid groups (broad SMARTS) is 1. The topological polar surface area (TPSA) is 90.0 Å². The normalized spacial score (nSPS) is 11.0. The Morgan fingerprint density at radius 1 is 0.622 bits per heavy atom. The fraction of sp³-hybridized carbons (Fsp3) is 0. The standard InChI is InChI=1S/C30H20N4O3/c35-29-27-25(26(20-10-4-1-5-11-20)31-34(29)23-14-8-3-9-15-23)28(21-12-6-2-7-13-21)33(32-27)24-18-16-22(17-19-24)30(36)37/h1-19H,(H,36,37). The van der Waals surface area contributed by atoms with Gasteiger partial charge in [0.05, 0.1) is 28.0 Å². The fourth-order valence-corrected chi connectivity index (χ4v) is 4.42. The van der Waals surface area contributed by atoms with Crippen LogP contribution in [-0.4, -0.2) is 30.6 Å². The number of carbonyl (C=O) groups is 1. The van der Waals surface area contributed by atoms with Gasteiger partial charge in [-0.05, 0) is 36.4 Å². The summed E-state index contributed by atoms with van der Waals surface area (Å²) in [5.74, 6) is -1.01. The van der Waals surface area contributed by atoms with Crippen molar-refractivity contribution in [2.75, 3.05) is 0 Å². The minimum absolute atomic E-state index is 0.166. The Morgan fingerprint density at radius 2 is 1.16 bits per heavy atom. The van der Waals surface area contributed by atoms with Gasteiger partial charge in [-0.1, -0.05) is 78.9 Å². The third-order valence-electron chi connectivity index (χ3n) is 6.17. The molecule has 2 heterocycles. The Morgan fingerprint density at radius 3 is 1.76 bits per heavy atom. The van der Waals surface area contributed by atoms with E-state index in [9.17, 15) is 14.7 Å². The van der Waals surface area contributed by atoms with Gasteiger partial charge in [-0.25, -0.2) is 9.48 Å². The van der Waals surface area contributed by atoms with Gasteiger partial charge in [0.2, 0.25) is 0 Å². The van der Waals surface area contributed by atoms with Crippen molar-refractivity contribution in [3.63, 3.8) is 0 Å². The van der Waals surface area contributed by atoms with E-state index < -0.39 is 5.97 Å². The molecular formula is C30H20N4O3. The molecular weight excluding hydrogens is 464 g/mol. The summed E-state index contributed by atoms with van der Waals surface area (Å²) in [4.78, 5) is 25.3. The van der Waals surface area contributed by atoms with Crippen LogP contribution in [0.4, 0.5) is 0 Å². The number of nitrogens with zero attached hydrogens (tertiary/aromatic N) is 4. The van der Waals surface area contributed by atoms with E-state index in [0.29, 0.717) is 28.1 Å². The molecule has 178 valence electrons. The average Bonchev–Trinajstić information content (AvgIpc) is 3.36. The molecule has 1 N–H and O–H groups in total. The summed E-state index contributed by atoms with van der Waals surface area (Å²) in [5.41, 5.74) is 4.35. The Bertz CT molecular complexity index is 1790. The first-order valence-corrected chi connectivity index (χ1v) is 11.7. The molecule has 2 aromatic heterocycles. The van der Waals surface area contributed by atoms with Gasteiger partial charge in [0.15, 0.2) is 5.52 Å². The third-order valence-corrected chi connectivity index (χ3v) is 6.17. The lowest BCUT2D eigenvalue weighted by atomic mass is 10.0. The third kappa shape index (κ3) is 3.88. The number of aromatic nitrogens is 4. The summed E-state index contributed by atoms with van der Waals surface area (Å²) in [6.07, 6.45) is 0. The second kappa shape index (κ2) is 9.05. The van der Waals surface area contributed by atoms with Gasteiger partial charge in [-0.3, -0.25) is 4.79 Å². The van der Waals surface area contributed by atoms with E-state index in [1.54, 1.807) is 16.8 Å². The molecule has 0 aliphatic carbocycles. The van der Waals surface area contributed by atoms with Crippen molar-refractivity contribution in [2.45, 2.75) is 0 Å². The highest BCUT2D eigenvalue weighted by Gasteiger charge is 2.24. The highest BCUT2D eigenvalue weighted by molar-refractivity contribution is 6.02. The summed E-state index contributed by atoms with van der Waals surface area (Å²) in [5, 5.41) is 19.6. The van der Waals surface area contributed by atoms with Gasteiger partial charge in [-0.15, -0.1) is 0 Å². The number of hydrogen-bond acceptors (Lipinski definition) is 4. The smallest absolute Gasteiger partial charge is 0.335 e. The Labute approximate surface area is 211 Å². The largest absolute Gasteiger partial charge is 0.478 e. The summed E-state index contributed by atoms with van der Waals surface area (Å²) in [7, 11) is 0. The average molecular weight is 485 g/mol. The van der Waals surface area contributed by atoms with Gasteiger partial charge in [0.1, 0.15) is 5.69 Å². The number of aromatic carboxylic acids is 1. The van der Waals surface area contributed by atoms with Crippen LogP contribution < -0.4 is 5.56 Å². The molecule has 0 aliphatic rings. The van der Waals surface area contributed by atoms with Crippen LogP contribution in [0.25, 0.3) is 44.8 Å². The maximum atomic E-state index is 13.8. The first kappa shape index (κ1) is 22.2. The van der Waals surface area contributed by atoms with E-state index in [0.717, 1.165) is 11.1 Å². The zero-order chi connectivity index (χ0) is 25.4. The van der Waals surface area contributed by atoms with Crippen LogP contribution in [0.2, 0.25) is 0 Å². The van der Waals surface area contributed by atoms with E-state index in [4.69, 9.17) is 10.2 Å². The van der Waals surface area contributed by atoms with Crippen molar-refractivity contribution in [3.8, 4) is 33.9 Å². The zero-order valence-electron chi connectivity index (χ0n) is 19.5. The van der Waals surface area contributed by atoms with Gasteiger partial charge >= 0.3 is 5.97 Å². The molecule has 37 heavy (non-hydrogen) atoms. The summed E-state index contributed by atoms with van der Waals surface area (Å²) >= 11 is 0. The first-order valence-electron chi connectivity index (χ1n) is 11.7. The van der Waals surface area contributed by atoms with Crippen LogP contribution in [0.1, 0.15) is 10.4 Å². The molecule has 7 nitrogen and oxygen atoms in total. The van der Waals surface area contributed by atoms with Crippen LogP contribution >= 0.6 is 0 Å². The molecule has 0 saturated carbocycles. The predicted molar refractivity (Wildman–Crippen MR) is 142 cm³/mol. The van der Waals surface area contributed by atoms with Crippen LogP contribution in [0, 0.1) is 0 Å². The minimum Gasteiger partial charge on any atom is -0.478 e. The van der Waals surface area contributed by atoms with Crippen molar-refractivity contribution in [1.82, 2.24) is 19.6 Å². The van der Waals surface area contributed by atoms with Gasteiger partial charge in [-0.2, -0.15) is 14.9 Å². The maximum Gasteiger partial charge on any atom is 0.335 e. The van der Waals surface area contributed by atoms with E-state index in [1.165, 1.54) is 16.8 Å². The van der Waals surface area contributed by atoms with Gasteiger partial charge in [0, 0.05) is 11.1 Å². The SMILES string of the molecule is O=C(O)c1ccc(-n2nc3c(=O)n(-c4ccccc4)nc(-c4ccccc4)c3c2-c2ccccc2)cc1. The van der Waals surface area contributed by atoms with Crippen LogP contribution in [0.15, 0.2) is 120 Å². The summed E-state index contributed by atoms with van der Waals surface area (Å²) in [6.45, 7) is 0. The van der Waals surface area contributed by atoms with Crippen LogP contribution in [-0.2, 0) is 0 Å². The molecule has 7 heteroatoms. The van der Waals surface area contributed by atoms with E-state index >= 15 is 0 Å². The lowest BCUT2D eigenvalue weighted by molar-refractivity contribution is 0.0697. The number of para-hydroxylation sites is 1. The molecule has 0 radical (unpaired) electrons. The molecule has 0 saturated heterocycles. The molecule has 0 bridgehead atoms. The zero-order valence-corrected chi connectivity index (χ0v) is 19.5. The molecule has 0 atom stereocenters. The van der Waals surface area contributed by atoms with Crippen molar-refractivity contribution in [3.05, 3.63) is 131 Å². The lowest BCUT2D eigenvalue weighted by Gasteiger charge is -2.11. The second-order valence-electron chi connectivity index (χ2n) is 8.47. The van der Waals surface area contributed by atoms with Crippen LogP contribution in [0.3, 0.4) is 0 Å². The van der Waals surface area contributed by atoms with Crippen LogP contribution in [0.5, 0.6) is 0 Å². The molecule has 4 aromatic carbocycles. The summed E-state index contributed by atoms with van der Waals surface area (Å²) < 4.78 is 3.07. The summed E-state index contributed by atoms with van der Waals surface area (Å²) in [6, 6.07) is 35.0. The monoisotopic (exact) mass is 484 g/mol. The highest BCUT2D eigenvalue weighted by atomic mass is 16.4. The molecule has 6 aromatic rings. The van der Waals surface area contributed by atoms with E-state index in [2.05, 4.69) is 0 Å². The molecule has 0 unspecified atom stereocenters. The molecule has 0 amide bonds. The fourth-order valence-electron chi connectivity index (χ4n) is 4.42. The molecule has 0 fully saturated rings. The Hall–Kier alpha value is -5.30. The Balaban J connectivity index is 1.75. The number of benzene rings is 4. The number of rotatable bonds is 5. The predicted octanol–water partition coefficient (Wildman–Crippen LogP) is 5.60. The van der Waals surface area contributed by atoms with Gasteiger partial charge in [0.25, 0.3) is 5.56 Å². The van der Waals surface area contributed by atoms with Crippen molar-refractivity contribution in [2.24, 2.45) is 0 Å². The molecule has 0 aliphatic heterocycles. The van der Waals surface area contributed by atoms with Crippen molar-refractivity contribution in [1.29, 1.82) is 0 Å². The lowest BCUT2D eigenvalue weighted by Crippen LogP contribution is -2.22. The van der Waals surface area contributed by atoms with E-state index in [-0.39, 0.29) is 16.6 Å². The second-order valence-corrected chi connectivity index (χ2v) is 8.47. The number of fused-ring (bicyclic) bond motifs is 1. The quantitative estimate of drug-likeness (QED) is 0.344. The maximum absolute atomic E-state index is 13.8. The highest BCUT2D eigenvalue weighted by Crippen LogP contribution is 2.36.